The molecule has 42 heavy (non-hydrogen) atoms. The fourth-order valence-electron chi connectivity index (χ4n) is 3.91. The minimum Gasteiger partial charge on any atom is -0.487 e. The van der Waals surface area contributed by atoms with Crippen molar-refractivity contribution in [2.45, 2.75) is 53.1 Å². The molecule has 0 aliphatic rings. The number of amidine groups is 1. The van der Waals surface area contributed by atoms with Crippen molar-refractivity contribution in [2.75, 3.05) is 17.2 Å². The van der Waals surface area contributed by atoms with E-state index >= 15 is 0 Å². The van der Waals surface area contributed by atoms with E-state index in [9.17, 15) is 14.7 Å². The minimum absolute atomic E-state index is 0.0541. The van der Waals surface area contributed by atoms with Gasteiger partial charge in [0.2, 0.25) is 0 Å². The predicted octanol–water partition coefficient (Wildman–Crippen LogP) is 4.91. The van der Waals surface area contributed by atoms with Crippen LogP contribution >= 0.6 is 11.6 Å². The van der Waals surface area contributed by atoms with Crippen molar-refractivity contribution in [1.82, 2.24) is 0 Å². The summed E-state index contributed by atoms with van der Waals surface area (Å²) < 4.78 is 17.0. The molecule has 0 unspecified atom stereocenters. The largest absolute Gasteiger partial charge is 0.487 e. The summed E-state index contributed by atoms with van der Waals surface area (Å²) in [5.74, 6) is -0.365. The van der Waals surface area contributed by atoms with Crippen LogP contribution in [0.5, 0.6) is 11.5 Å². The Morgan fingerprint density at radius 3 is 2.36 bits per heavy atom. The molecule has 0 aromatic heterocycles. The molecule has 3 rings (SSSR count). The number of benzene rings is 3. The maximum absolute atomic E-state index is 13.3. The van der Waals surface area contributed by atoms with Crippen LogP contribution in [0.15, 0.2) is 59.8 Å². The van der Waals surface area contributed by atoms with Crippen LogP contribution < -0.4 is 25.8 Å². The van der Waals surface area contributed by atoms with Crippen LogP contribution in [0.25, 0.3) is 0 Å². The fraction of sp³-hybridized carbons (Fsp3) is 0.300. The third-order valence-corrected chi connectivity index (χ3v) is 5.92. The van der Waals surface area contributed by atoms with E-state index in [2.05, 4.69) is 15.8 Å². The van der Waals surface area contributed by atoms with Gasteiger partial charge < -0.3 is 40.9 Å². The van der Waals surface area contributed by atoms with E-state index in [0.29, 0.717) is 44.6 Å². The minimum atomic E-state index is -0.540. The summed E-state index contributed by atoms with van der Waals surface area (Å²) in [7, 11) is 0. The zero-order valence-corrected chi connectivity index (χ0v) is 24.6. The number of amides is 1. The number of carbonyl (C=O) groups is 2. The van der Waals surface area contributed by atoms with Crippen molar-refractivity contribution >= 4 is 40.7 Å². The second-order valence-corrected chi connectivity index (χ2v) is 10.2. The topological polar surface area (TPSA) is 165 Å². The summed E-state index contributed by atoms with van der Waals surface area (Å²) >= 11 is 6.23. The van der Waals surface area contributed by atoms with Crippen LogP contribution in [-0.2, 0) is 22.7 Å². The summed E-state index contributed by atoms with van der Waals surface area (Å²) in [5, 5.41) is 28.1. The molecular formula is C30H35ClN4O7. The molecule has 1 amide bonds. The van der Waals surface area contributed by atoms with Gasteiger partial charge in [-0.05, 0) is 87.9 Å². The molecule has 0 saturated heterocycles. The average molecular weight is 599 g/mol. The number of nitrogens with two attached hydrogens (primary N) is 1. The highest BCUT2D eigenvalue weighted by molar-refractivity contribution is 6.31. The van der Waals surface area contributed by atoms with Crippen LogP contribution in [0.2, 0.25) is 5.02 Å². The van der Waals surface area contributed by atoms with Crippen LogP contribution in [0.3, 0.4) is 0 Å². The Morgan fingerprint density at radius 2 is 1.74 bits per heavy atom. The van der Waals surface area contributed by atoms with Crippen molar-refractivity contribution in [3.05, 3.63) is 81.9 Å². The quantitative estimate of drug-likeness (QED) is 0.0604. The van der Waals surface area contributed by atoms with Gasteiger partial charge in [0, 0.05) is 34.1 Å². The number of hydrogen-bond donors (Lipinski definition) is 5. The van der Waals surface area contributed by atoms with Crippen LogP contribution in [0, 0.1) is 0 Å². The second kappa shape index (κ2) is 14.9. The van der Waals surface area contributed by atoms with Crippen molar-refractivity contribution < 1.29 is 34.1 Å². The lowest BCUT2D eigenvalue weighted by Gasteiger charge is -2.20. The Bertz CT molecular complexity index is 1430. The predicted molar refractivity (Wildman–Crippen MR) is 161 cm³/mol. The smallest absolute Gasteiger partial charge is 0.344 e. The van der Waals surface area contributed by atoms with Crippen LogP contribution in [0.4, 0.5) is 11.4 Å². The van der Waals surface area contributed by atoms with Crippen molar-refractivity contribution in [3.63, 3.8) is 0 Å². The highest BCUT2D eigenvalue weighted by Crippen LogP contribution is 2.35. The molecule has 0 radical (unpaired) electrons. The van der Waals surface area contributed by atoms with Crippen LogP contribution in [-0.4, -0.2) is 46.8 Å². The molecule has 224 valence electrons. The van der Waals surface area contributed by atoms with Crippen LogP contribution in [0.1, 0.15) is 54.7 Å². The second-order valence-electron chi connectivity index (χ2n) is 9.79. The van der Waals surface area contributed by atoms with E-state index in [1.54, 1.807) is 62.4 Å². The number of rotatable bonds is 13. The normalized spacial score (nSPS) is 11.4. The van der Waals surface area contributed by atoms with Gasteiger partial charge in [0.15, 0.2) is 23.9 Å². The first kappa shape index (κ1) is 32.0. The van der Waals surface area contributed by atoms with Gasteiger partial charge >= 0.3 is 5.97 Å². The molecule has 0 spiro atoms. The number of anilines is 2. The van der Waals surface area contributed by atoms with Gasteiger partial charge in [0.25, 0.3) is 5.91 Å². The van der Waals surface area contributed by atoms with Crippen molar-refractivity contribution in [3.8, 4) is 11.5 Å². The average Bonchev–Trinajstić information content (AvgIpc) is 2.94. The standard InChI is InChI=1S/C30H35ClN4O7/c1-17(2)41-26-12-19(15-36)11-21(28(26)40-16-27(37)42-18(3)4)14-33-25-10-7-22(31)13-24(25)30(38)34-23-8-5-20(6-9-23)29(32)35-39/h5-13,17-18,33,36,39H,14-16H2,1-4H3,(H2,32,35)(H,34,38). The number of hydrogen-bond acceptors (Lipinski definition) is 9. The molecule has 0 aliphatic carbocycles. The lowest BCUT2D eigenvalue weighted by atomic mass is 10.1. The maximum atomic E-state index is 13.3. The fourth-order valence-corrected chi connectivity index (χ4v) is 4.08. The number of oxime groups is 1. The number of aliphatic hydroxyl groups is 1. The lowest BCUT2D eigenvalue weighted by molar-refractivity contribution is -0.149. The molecule has 12 heteroatoms. The third kappa shape index (κ3) is 9.02. The Balaban J connectivity index is 1.88. The van der Waals surface area contributed by atoms with Gasteiger partial charge in [0.05, 0.1) is 24.4 Å². The van der Waals surface area contributed by atoms with Gasteiger partial charge in [-0.1, -0.05) is 16.8 Å². The summed E-state index contributed by atoms with van der Waals surface area (Å²) in [6.07, 6.45) is -0.511. The zero-order valence-electron chi connectivity index (χ0n) is 23.8. The number of halogens is 1. The van der Waals surface area contributed by atoms with Gasteiger partial charge in [0.1, 0.15) is 0 Å². The highest BCUT2D eigenvalue weighted by atomic mass is 35.5. The van der Waals surface area contributed by atoms with Gasteiger partial charge in [-0.2, -0.15) is 0 Å². The first-order chi connectivity index (χ1) is 20.0. The molecule has 0 saturated carbocycles. The Morgan fingerprint density at radius 1 is 1.02 bits per heavy atom. The summed E-state index contributed by atoms with van der Waals surface area (Å²) in [6, 6.07) is 14.7. The molecule has 0 fully saturated rings. The molecule has 0 heterocycles. The molecule has 0 bridgehead atoms. The molecule has 6 N–H and O–H groups in total. The zero-order chi connectivity index (χ0) is 30.8. The number of esters is 1. The summed E-state index contributed by atoms with van der Waals surface area (Å²) in [6.45, 7) is 6.74. The molecule has 3 aromatic carbocycles. The molecule has 0 atom stereocenters. The number of aliphatic hydroxyl groups excluding tert-OH is 1. The Hall–Kier alpha value is -4.48. The maximum Gasteiger partial charge on any atom is 0.344 e. The van der Waals surface area contributed by atoms with E-state index in [0.717, 1.165) is 0 Å². The van der Waals surface area contributed by atoms with Crippen molar-refractivity contribution in [2.24, 2.45) is 10.9 Å². The Kier molecular flexibility index (Phi) is 11.4. The number of nitrogens with one attached hydrogen (secondary N) is 2. The number of nitrogens with zero attached hydrogens (tertiary/aromatic N) is 1. The van der Waals surface area contributed by atoms with E-state index in [4.69, 9.17) is 36.8 Å². The third-order valence-electron chi connectivity index (χ3n) is 5.68. The lowest BCUT2D eigenvalue weighted by Crippen LogP contribution is -2.20. The van der Waals surface area contributed by atoms with E-state index in [1.165, 1.54) is 6.07 Å². The number of carbonyl (C=O) groups excluding carboxylic acids is 2. The highest BCUT2D eigenvalue weighted by Gasteiger charge is 2.19. The first-order valence-electron chi connectivity index (χ1n) is 13.2. The van der Waals surface area contributed by atoms with Crippen molar-refractivity contribution in [1.29, 1.82) is 0 Å². The van der Waals surface area contributed by atoms with Gasteiger partial charge in [-0.25, -0.2) is 4.79 Å². The van der Waals surface area contributed by atoms with Gasteiger partial charge in [-0.3, -0.25) is 4.79 Å². The molecule has 0 aliphatic heterocycles. The number of ether oxygens (including phenoxy) is 3. The van der Waals surface area contributed by atoms with E-state index in [-0.39, 0.29) is 43.4 Å². The summed E-state index contributed by atoms with van der Waals surface area (Å²) in [5.41, 5.74) is 8.46. The Labute approximate surface area is 249 Å². The van der Waals surface area contributed by atoms with Gasteiger partial charge in [-0.15, -0.1) is 0 Å². The van der Waals surface area contributed by atoms with E-state index < -0.39 is 11.9 Å². The molecular weight excluding hydrogens is 564 g/mol. The summed E-state index contributed by atoms with van der Waals surface area (Å²) in [4.78, 5) is 25.5. The van der Waals surface area contributed by atoms with E-state index in [1.807, 2.05) is 13.8 Å². The molecule has 3 aromatic rings. The molecule has 11 nitrogen and oxygen atoms in total. The monoisotopic (exact) mass is 598 g/mol. The first-order valence-corrected chi connectivity index (χ1v) is 13.6. The SMILES string of the molecule is CC(C)OC(=O)COc1c(CNc2ccc(Cl)cc2C(=O)Nc2ccc(/C(N)=N/O)cc2)cc(CO)cc1OC(C)C.